The summed E-state index contributed by atoms with van der Waals surface area (Å²) in [6.07, 6.45) is 0.876. The van der Waals surface area contributed by atoms with E-state index in [2.05, 4.69) is 10.6 Å². The van der Waals surface area contributed by atoms with Crippen molar-refractivity contribution in [3.05, 3.63) is 83.4 Å². The van der Waals surface area contributed by atoms with Gasteiger partial charge in [-0.25, -0.2) is 14.5 Å². The number of urea groups is 1. The molecule has 1 heterocycles. The summed E-state index contributed by atoms with van der Waals surface area (Å²) < 4.78 is 21.8. The van der Waals surface area contributed by atoms with Gasteiger partial charge in [0.1, 0.15) is 18.2 Å². The molecule has 2 amide bonds. The number of carbonyl (C=O) groups is 4. The minimum Gasteiger partial charge on any atom is -0.495 e. The van der Waals surface area contributed by atoms with Crippen LogP contribution in [0.1, 0.15) is 41.3 Å². The van der Waals surface area contributed by atoms with Crippen LogP contribution in [0.25, 0.3) is 0 Å². The van der Waals surface area contributed by atoms with Crippen LogP contribution < -0.4 is 20.1 Å². The molecule has 43 heavy (non-hydrogen) atoms. The fraction of sp³-hybridized carbons (Fsp3) is 0.312. The molecule has 0 spiro atoms. The summed E-state index contributed by atoms with van der Waals surface area (Å²) in [4.78, 5) is 52.0. The van der Waals surface area contributed by atoms with Gasteiger partial charge in [0.2, 0.25) is 5.72 Å². The average molecular weight is 590 g/mol. The molecule has 1 aliphatic rings. The molecule has 226 valence electrons. The third-order valence-corrected chi connectivity index (χ3v) is 7.14. The van der Waals surface area contributed by atoms with Crippen molar-refractivity contribution < 1.29 is 38.1 Å². The first kappa shape index (κ1) is 31.0. The molecule has 0 bridgehead atoms. The van der Waals surface area contributed by atoms with E-state index in [4.69, 9.17) is 18.9 Å². The lowest BCUT2D eigenvalue weighted by Gasteiger charge is -2.35. The summed E-state index contributed by atoms with van der Waals surface area (Å²) in [5.41, 5.74) is 1.51. The van der Waals surface area contributed by atoms with E-state index in [-0.39, 0.29) is 18.9 Å². The number of likely N-dealkylation sites (tertiary alicyclic amines) is 1. The molecular weight excluding hydrogens is 554 g/mol. The molecule has 3 aromatic rings. The molecule has 11 heteroatoms. The van der Waals surface area contributed by atoms with E-state index in [0.29, 0.717) is 53.4 Å². The highest BCUT2D eigenvalue weighted by atomic mass is 16.6. The zero-order valence-corrected chi connectivity index (χ0v) is 24.6. The van der Waals surface area contributed by atoms with Gasteiger partial charge in [0.15, 0.2) is 5.78 Å². The van der Waals surface area contributed by atoms with Crippen molar-refractivity contribution in [3.8, 4) is 11.5 Å². The highest BCUT2D eigenvalue weighted by Crippen LogP contribution is 2.34. The SMILES string of the molecule is COC(=O)c1ccc(OCN2CCCC2(OC(C)=O)C(=O)Cc2ccc(NC(=O)Nc3ccccc3C)c(OC)c2)cc1. The van der Waals surface area contributed by atoms with E-state index in [1.54, 1.807) is 53.4 Å². The molecule has 0 radical (unpaired) electrons. The topological polar surface area (TPSA) is 132 Å². The number of anilines is 2. The summed E-state index contributed by atoms with van der Waals surface area (Å²) in [6.45, 7) is 3.62. The lowest BCUT2D eigenvalue weighted by molar-refractivity contribution is -0.188. The lowest BCUT2D eigenvalue weighted by Crippen LogP contribution is -2.55. The quantitative estimate of drug-likeness (QED) is 0.299. The van der Waals surface area contributed by atoms with E-state index < -0.39 is 23.7 Å². The Labute approximate surface area is 250 Å². The Hall–Kier alpha value is -4.90. The zero-order chi connectivity index (χ0) is 31.0. The molecule has 0 aromatic heterocycles. The predicted molar refractivity (Wildman–Crippen MR) is 159 cm³/mol. The van der Waals surface area contributed by atoms with Crippen molar-refractivity contribution in [1.29, 1.82) is 0 Å². The second-order valence-electron chi connectivity index (χ2n) is 10.1. The summed E-state index contributed by atoms with van der Waals surface area (Å²) in [5, 5.41) is 5.59. The van der Waals surface area contributed by atoms with E-state index in [1.165, 1.54) is 21.1 Å². The summed E-state index contributed by atoms with van der Waals surface area (Å²) in [6, 6.07) is 18.4. The van der Waals surface area contributed by atoms with E-state index in [1.807, 2.05) is 25.1 Å². The number of carbonyl (C=O) groups excluding carboxylic acids is 4. The van der Waals surface area contributed by atoms with E-state index >= 15 is 0 Å². The molecule has 0 aliphatic carbocycles. The number of nitrogens with zero attached hydrogens (tertiary/aromatic N) is 1. The van der Waals surface area contributed by atoms with Gasteiger partial charge < -0.3 is 29.6 Å². The Bertz CT molecular complexity index is 1490. The molecule has 1 atom stereocenters. The highest BCUT2D eigenvalue weighted by Gasteiger charge is 2.50. The number of Topliss-reactive ketones (excluding diaryl/α,β-unsaturated/α-hetero) is 1. The van der Waals surface area contributed by atoms with Crippen molar-refractivity contribution in [2.24, 2.45) is 0 Å². The van der Waals surface area contributed by atoms with Crippen LogP contribution in [0, 0.1) is 6.92 Å². The largest absolute Gasteiger partial charge is 0.495 e. The van der Waals surface area contributed by atoms with Gasteiger partial charge in [-0.3, -0.25) is 9.59 Å². The number of esters is 2. The van der Waals surface area contributed by atoms with Gasteiger partial charge >= 0.3 is 18.0 Å². The predicted octanol–water partition coefficient (Wildman–Crippen LogP) is 4.94. The van der Waals surface area contributed by atoms with Crippen LogP contribution in [0.2, 0.25) is 0 Å². The number of aryl methyl sites for hydroxylation is 1. The summed E-state index contributed by atoms with van der Waals surface area (Å²) in [7, 11) is 2.78. The standard InChI is InChI=1S/C32H35N3O8/c1-21-8-5-6-9-26(21)33-31(39)34-27-15-10-23(18-28(27)40-3)19-29(37)32(43-22(2)36)16-7-17-35(32)20-42-25-13-11-24(12-14-25)30(38)41-4/h5-6,8-15,18H,7,16-17,19-20H2,1-4H3,(H2,33,34,39). The van der Waals surface area contributed by atoms with Crippen LogP contribution in [0.4, 0.5) is 16.2 Å². The van der Waals surface area contributed by atoms with E-state index in [9.17, 15) is 19.2 Å². The maximum atomic E-state index is 13.8. The smallest absolute Gasteiger partial charge is 0.337 e. The molecule has 0 saturated carbocycles. The first-order valence-corrected chi connectivity index (χ1v) is 13.7. The fourth-order valence-corrected chi connectivity index (χ4v) is 4.96. The highest BCUT2D eigenvalue weighted by molar-refractivity contribution is 6.01. The van der Waals surface area contributed by atoms with Crippen LogP contribution in [0.5, 0.6) is 11.5 Å². The Kier molecular flexibility index (Phi) is 9.99. The number of methoxy groups -OCH3 is 2. The second-order valence-corrected chi connectivity index (χ2v) is 10.1. The van der Waals surface area contributed by atoms with Crippen molar-refractivity contribution in [3.63, 3.8) is 0 Å². The van der Waals surface area contributed by atoms with Gasteiger partial charge in [0, 0.05) is 32.0 Å². The third-order valence-electron chi connectivity index (χ3n) is 7.14. The average Bonchev–Trinajstić information content (AvgIpc) is 3.40. The number of rotatable bonds is 11. The molecule has 1 unspecified atom stereocenters. The van der Waals surface area contributed by atoms with Gasteiger partial charge in [-0.1, -0.05) is 24.3 Å². The van der Waals surface area contributed by atoms with Crippen molar-refractivity contribution in [1.82, 2.24) is 4.90 Å². The number of nitrogens with one attached hydrogen (secondary N) is 2. The maximum Gasteiger partial charge on any atom is 0.337 e. The Morgan fingerprint density at radius 3 is 2.33 bits per heavy atom. The molecule has 3 aromatic carbocycles. The van der Waals surface area contributed by atoms with E-state index in [0.717, 1.165) is 5.56 Å². The van der Waals surface area contributed by atoms with Crippen LogP contribution in [0.15, 0.2) is 66.7 Å². The monoisotopic (exact) mass is 589 g/mol. The number of para-hydroxylation sites is 1. The minimum atomic E-state index is -1.50. The third kappa shape index (κ3) is 7.49. The maximum absolute atomic E-state index is 13.8. The van der Waals surface area contributed by atoms with Crippen LogP contribution >= 0.6 is 0 Å². The number of benzene rings is 3. The molecular formula is C32H35N3O8. The molecule has 2 N–H and O–H groups in total. The lowest BCUT2D eigenvalue weighted by atomic mass is 9.97. The molecule has 4 rings (SSSR count). The van der Waals surface area contributed by atoms with Gasteiger partial charge in [0.25, 0.3) is 0 Å². The minimum absolute atomic E-state index is 0.0151. The van der Waals surface area contributed by atoms with Crippen LogP contribution in [-0.4, -0.2) is 61.9 Å². The van der Waals surface area contributed by atoms with Crippen LogP contribution in [0.3, 0.4) is 0 Å². The first-order chi connectivity index (χ1) is 20.6. The van der Waals surface area contributed by atoms with Crippen molar-refractivity contribution >= 4 is 35.1 Å². The molecule has 1 fully saturated rings. The van der Waals surface area contributed by atoms with Gasteiger partial charge in [-0.2, -0.15) is 0 Å². The normalized spacial score (nSPS) is 16.2. The van der Waals surface area contributed by atoms with Gasteiger partial charge in [-0.15, -0.1) is 0 Å². The Morgan fingerprint density at radius 1 is 0.930 bits per heavy atom. The van der Waals surface area contributed by atoms with Crippen LogP contribution in [-0.2, 0) is 25.5 Å². The van der Waals surface area contributed by atoms with Gasteiger partial charge in [0.05, 0.1) is 25.5 Å². The Balaban J connectivity index is 1.46. The summed E-state index contributed by atoms with van der Waals surface area (Å²) in [5.74, 6) is -0.516. The fourth-order valence-electron chi connectivity index (χ4n) is 4.96. The number of hydrogen-bond acceptors (Lipinski definition) is 9. The van der Waals surface area contributed by atoms with Gasteiger partial charge in [-0.05, 0) is 66.9 Å². The number of ether oxygens (including phenoxy) is 4. The molecule has 11 nitrogen and oxygen atoms in total. The first-order valence-electron chi connectivity index (χ1n) is 13.7. The number of hydrogen-bond donors (Lipinski definition) is 2. The zero-order valence-electron chi connectivity index (χ0n) is 24.6. The second kappa shape index (κ2) is 13.8. The van der Waals surface area contributed by atoms with Crippen molar-refractivity contribution in [2.45, 2.75) is 38.8 Å². The molecule has 1 aliphatic heterocycles. The number of amides is 2. The Morgan fingerprint density at radius 2 is 1.65 bits per heavy atom. The van der Waals surface area contributed by atoms with Crippen molar-refractivity contribution in [2.75, 3.05) is 38.1 Å². The molecule has 1 saturated heterocycles. The summed E-state index contributed by atoms with van der Waals surface area (Å²) >= 11 is 0. The number of ketones is 1.